The Hall–Kier alpha value is -4.88. The van der Waals surface area contributed by atoms with Crippen molar-refractivity contribution in [3.8, 4) is 5.75 Å². The molecule has 1 aliphatic heterocycles. The van der Waals surface area contributed by atoms with Crippen LogP contribution >= 0.6 is 0 Å². The Balaban J connectivity index is 1.38. The van der Waals surface area contributed by atoms with Crippen molar-refractivity contribution in [2.75, 3.05) is 56.3 Å². The molecule has 2 amide bonds. The molecule has 1 aliphatic rings. The van der Waals surface area contributed by atoms with Crippen molar-refractivity contribution in [1.82, 2.24) is 19.4 Å². The Morgan fingerprint density at radius 3 is 2.68 bits per heavy atom. The third-order valence-electron chi connectivity index (χ3n) is 7.41. The van der Waals surface area contributed by atoms with Crippen LogP contribution in [0.25, 0.3) is 11.0 Å². The lowest BCUT2D eigenvalue weighted by Gasteiger charge is -2.27. The van der Waals surface area contributed by atoms with Gasteiger partial charge in [0.1, 0.15) is 11.3 Å². The molecule has 232 valence electrons. The number of nitrogens with zero attached hydrogens (tertiary/aromatic N) is 4. The largest absolute Gasteiger partial charge is 0.494 e. The molecule has 0 spiro atoms. The summed E-state index contributed by atoms with van der Waals surface area (Å²) >= 11 is 0. The SMILES string of the molecule is CCc1nc(C)oc1C(=O)Nc1nc2cc(C(N)=O)cc(OC)c2n1C/C=C/CNc1c(N)cccc1CN1CCOCC1. The zero-order chi connectivity index (χ0) is 31.2. The highest BCUT2D eigenvalue weighted by Crippen LogP contribution is 2.31. The normalized spacial score (nSPS) is 13.9. The highest BCUT2D eigenvalue weighted by Gasteiger charge is 2.23. The minimum Gasteiger partial charge on any atom is -0.494 e. The second kappa shape index (κ2) is 13.6. The predicted octanol–water partition coefficient (Wildman–Crippen LogP) is 3.34. The van der Waals surface area contributed by atoms with E-state index in [0.29, 0.717) is 53.6 Å². The second-order valence-electron chi connectivity index (χ2n) is 10.4. The van der Waals surface area contributed by atoms with Gasteiger partial charge >= 0.3 is 0 Å². The molecule has 2 aromatic carbocycles. The Kier molecular flexibility index (Phi) is 9.46. The molecule has 44 heavy (non-hydrogen) atoms. The molecule has 0 saturated carbocycles. The van der Waals surface area contributed by atoms with Gasteiger partial charge in [-0.25, -0.2) is 9.97 Å². The summed E-state index contributed by atoms with van der Waals surface area (Å²) in [6.07, 6.45) is 4.45. The number of fused-ring (bicyclic) bond motifs is 1. The Morgan fingerprint density at radius 1 is 1.16 bits per heavy atom. The van der Waals surface area contributed by atoms with Crippen LogP contribution in [0.2, 0.25) is 0 Å². The first-order valence-electron chi connectivity index (χ1n) is 14.5. The fourth-order valence-corrected chi connectivity index (χ4v) is 5.24. The zero-order valence-corrected chi connectivity index (χ0v) is 25.2. The van der Waals surface area contributed by atoms with E-state index in [4.69, 9.17) is 25.4 Å². The quantitative estimate of drug-likeness (QED) is 0.139. The molecule has 1 saturated heterocycles. The number of morpholine rings is 1. The molecule has 0 bridgehead atoms. The molecule has 2 aromatic heterocycles. The van der Waals surface area contributed by atoms with E-state index in [0.717, 1.165) is 44.1 Å². The van der Waals surface area contributed by atoms with E-state index in [-0.39, 0.29) is 17.3 Å². The van der Waals surface area contributed by atoms with Gasteiger partial charge in [-0.2, -0.15) is 0 Å². The number of hydrogen-bond donors (Lipinski definition) is 4. The van der Waals surface area contributed by atoms with E-state index in [2.05, 4.69) is 31.6 Å². The molecule has 4 aromatic rings. The average molecular weight is 603 g/mol. The fourth-order valence-electron chi connectivity index (χ4n) is 5.24. The third kappa shape index (κ3) is 6.68. The number of para-hydroxylation sites is 1. The number of carbonyl (C=O) groups excluding carboxylic acids is 2. The van der Waals surface area contributed by atoms with Gasteiger partial charge in [0.2, 0.25) is 17.6 Å². The van der Waals surface area contributed by atoms with Crippen LogP contribution in [0.1, 0.15) is 45.0 Å². The molecular weight excluding hydrogens is 564 g/mol. The smallest absolute Gasteiger partial charge is 0.295 e. The summed E-state index contributed by atoms with van der Waals surface area (Å²) in [5, 5.41) is 6.31. The minimum atomic E-state index is -0.616. The molecule has 0 atom stereocenters. The van der Waals surface area contributed by atoms with Crippen molar-refractivity contribution in [2.45, 2.75) is 33.4 Å². The van der Waals surface area contributed by atoms with Gasteiger partial charge in [-0.05, 0) is 30.2 Å². The molecule has 0 radical (unpaired) electrons. The molecule has 5 rings (SSSR count). The molecule has 3 heterocycles. The highest BCUT2D eigenvalue weighted by molar-refractivity contribution is 6.04. The zero-order valence-electron chi connectivity index (χ0n) is 25.2. The summed E-state index contributed by atoms with van der Waals surface area (Å²) in [6, 6.07) is 9.06. The number of aryl methyl sites for hydroxylation is 2. The number of hydrogen-bond acceptors (Lipinski definition) is 10. The van der Waals surface area contributed by atoms with Gasteiger partial charge in [-0.15, -0.1) is 0 Å². The summed E-state index contributed by atoms with van der Waals surface area (Å²) < 4.78 is 18.5. The topological polar surface area (TPSA) is 176 Å². The maximum Gasteiger partial charge on any atom is 0.295 e. The van der Waals surface area contributed by atoms with Crippen molar-refractivity contribution < 1.29 is 23.5 Å². The lowest BCUT2D eigenvalue weighted by Crippen LogP contribution is -2.35. The van der Waals surface area contributed by atoms with E-state index in [1.165, 1.54) is 7.11 Å². The lowest BCUT2D eigenvalue weighted by molar-refractivity contribution is 0.0343. The van der Waals surface area contributed by atoms with Crippen molar-refractivity contribution in [3.05, 3.63) is 71.0 Å². The number of ether oxygens (including phenoxy) is 2. The van der Waals surface area contributed by atoms with Crippen LogP contribution in [0.4, 0.5) is 17.3 Å². The molecule has 13 heteroatoms. The average Bonchev–Trinajstić information content (AvgIpc) is 3.57. The van der Waals surface area contributed by atoms with Crippen LogP contribution in [0.5, 0.6) is 5.75 Å². The molecule has 13 nitrogen and oxygen atoms in total. The fraction of sp³-hybridized carbons (Fsp3) is 0.355. The third-order valence-corrected chi connectivity index (χ3v) is 7.41. The highest BCUT2D eigenvalue weighted by atomic mass is 16.5. The number of primary amides is 1. The maximum atomic E-state index is 13.3. The molecule has 6 N–H and O–H groups in total. The number of aromatic nitrogens is 3. The second-order valence-corrected chi connectivity index (χ2v) is 10.4. The number of nitrogens with two attached hydrogens (primary N) is 2. The van der Waals surface area contributed by atoms with Crippen molar-refractivity contribution in [2.24, 2.45) is 5.73 Å². The number of anilines is 3. The molecule has 1 fully saturated rings. The molecular formula is C31H38N8O5. The van der Waals surface area contributed by atoms with Crippen LogP contribution in [-0.4, -0.2) is 71.2 Å². The number of benzene rings is 2. The summed E-state index contributed by atoms with van der Waals surface area (Å²) in [7, 11) is 1.50. The maximum absolute atomic E-state index is 13.3. The summed E-state index contributed by atoms with van der Waals surface area (Å²) in [6.45, 7) is 8.43. The Bertz CT molecular complexity index is 1690. The first-order valence-corrected chi connectivity index (χ1v) is 14.5. The van der Waals surface area contributed by atoms with Gasteiger partial charge < -0.3 is 35.2 Å². The van der Waals surface area contributed by atoms with E-state index in [1.807, 2.05) is 31.2 Å². The number of rotatable bonds is 12. The number of nitrogens with one attached hydrogen (secondary N) is 2. The molecule has 0 unspecified atom stereocenters. The minimum absolute atomic E-state index is 0.126. The number of allylic oxidation sites excluding steroid dienone is 1. The summed E-state index contributed by atoms with van der Waals surface area (Å²) in [5.74, 6) is 0.0711. The number of carbonyl (C=O) groups is 2. The van der Waals surface area contributed by atoms with Crippen LogP contribution in [-0.2, 0) is 24.2 Å². The van der Waals surface area contributed by atoms with E-state index < -0.39 is 11.8 Å². The van der Waals surface area contributed by atoms with Crippen molar-refractivity contribution in [1.29, 1.82) is 0 Å². The van der Waals surface area contributed by atoms with Crippen LogP contribution in [0.3, 0.4) is 0 Å². The first-order chi connectivity index (χ1) is 21.3. The van der Waals surface area contributed by atoms with Crippen molar-refractivity contribution >= 4 is 40.2 Å². The van der Waals surface area contributed by atoms with Crippen LogP contribution in [0.15, 0.2) is 46.9 Å². The number of imidazole rings is 1. The first kappa shape index (κ1) is 30.6. The van der Waals surface area contributed by atoms with Crippen LogP contribution in [0, 0.1) is 6.92 Å². The number of amides is 2. The van der Waals surface area contributed by atoms with Gasteiger partial charge in [-0.3, -0.25) is 19.8 Å². The van der Waals surface area contributed by atoms with Gasteiger partial charge in [0.25, 0.3) is 5.91 Å². The van der Waals surface area contributed by atoms with Gasteiger partial charge in [0, 0.05) is 45.2 Å². The summed E-state index contributed by atoms with van der Waals surface area (Å²) in [5.41, 5.74) is 16.4. The van der Waals surface area contributed by atoms with Crippen LogP contribution < -0.4 is 26.8 Å². The van der Waals surface area contributed by atoms with E-state index >= 15 is 0 Å². The van der Waals surface area contributed by atoms with Gasteiger partial charge in [-0.1, -0.05) is 31.2 Å². The Labute approximate surface area is 255 Å². The van der Waals surface area contributed by atoms with Crippen molar-refractivity contribution in [3.63, 3.8) is 0 Å². The monoisotopic (exact) mass is 602 g/mol. The van der Waals surface area contributed by atoms with Gasteiger partial charge in [0.05, 0.1) is 42.9 Å². The Morgan fingerprint density at radius 2 is 1.95 bits per heavy atom. The van der Waals surface area contributed by atoms with E-state index in [9.17, 15) is 9.59 Å². The summed E-state index contributed by atoms with van der Waals surface area (Å²) in [4.78, 5) is 36.5. The number of oxazole rings is 1. The number of nitrogen functional groups attached to an aromatic ring is 1. The lowest BCUT2D eigenvalue weighted by atomic mass is 10.1. The van der Waals surface area contributed by atoms with E-state index in [1.54, 1.807) is 23.6 Å². The standard InChI is InChI=1S/C31H38N8O5/c1-4-23-28(44-19(2)35-23)30(41)37-31-36-24-16-21(29(33)40)17-25(42-3)27(24)39(31)11-6-5-10-34-26-20(8-7-9-22(26)32)18-38-12-14-43-15-13-38/h5-9,16-17,34H,4,10-15,18,32H2,1-3H3,(H2,33,40)(H,36,37,41)/b6-5+. The van der Waals surface area contributed by atoms with Gasteiger partial charge in [0.15, 0.2) is 5.89 Å². The predicted molar refractivity (Wildman–Crippen MR) is 168 cm³/mol. The molecule has 0 aliphatic carbocycles. The number of methoxy groups -OCH3 is 1.